The number of nitrogens with zero attached hydrogens (tertiary/aromatic N) is 4. The van der Waals surface area contributed by atoms with Crippen molar-refractivity contribution in [1.82, 2.24) is 14.5 Å². The molecule has 0 aromatic heterocycles. The van der Waals surface area contributed by atoms with Gasteiger partial charge in [-0.15, -0.1) is 0 Å². The predicted molar refractivity (Wildman–Crippen MR) is 188 cm³/mol. The Labute approximate surface area is 271 Å². The van der Waals surface area contributed by atoms with Gasteiger partial charge < -0.3 is 9.80 Å². The van der Waals surface area contributed by atoms with Crippen molar-refractivity contribution < 1.29 is 8.42 Å². The van der Waals surface area contributed by atoms with E-state index in [2.05, 4.69) is 14.5 Å². The largest absolute Gasteiger partial charge is 0.351 e. The molecule has 5 rings (SSSR count). The summed E-state index contributed by atoms with van der Waals surface area (Å²) in [6.45, 7) is 5.79. The van der Waals surface area contributed by atoms with Gasteiger partial charge in [0.25, 0.3) is 0 Å². The zero-order chi connectivity index (χ0) is 30.6. The molecular formula is C34H43N5O2S3. The van der Waals surface area contributed by atoms with Crippen molar-refractivity contribution in [2.45, 2.75) is 56.4 Å². The summed E-state index contributed by atoms with van der Waals surface area (Å²) in [6, 6.07) is 26.8. The van der Waals surface area contributed by atoms with Crippen LogP contribution < -0.4 is 4.72 Å². The first-order valence-corrected chi connectivity index (χ1v) is 19.0. The van der Waals surface area contributed by atoms with Crippen molar-refractivity contribution in [3.63, 3.8) is 0 Å². The first-order chi connectivity index (χ1) is 21.5. The van der Waals surface area contributed by atoms with E-state index >= 15 is 0 Å². The molecular weight excluding hydrogens is 607 g/mol. The molecule has 0 radical (unpaired) electrons. The summed E-state index contributed by atoms with van der Waals surface area (Å²) in [5.74, 6) is 1.11. The Morgan fingerprint density at radius 3 is 1.64 bits per heavy atom. The highest BCUT2D eigenvalue weighted by Gasteiger charge is 2.25. The van der Waals surface area contributed by atoms with Gasteiger partial charge in [0.05, 0.1) is 16.3 Å². The van der Waals surface area contributed by atoms with Crippen LogP contribution in [0.4, 0.5) is 11.4 Å². The second-order valence-electron chi connectivity index (χ2n) is 11.3. The molecule has 2 fully saturated rings. The SMILES string of the molecule is Cc1cccc(S(=O)(=O)NC(CSC(=Nc2ccccc2)N2CCCCC2)CSC(=Nc2ccccc2)N2CCCCC2)c1. The van der Waals surface area contributed by atoms with Gasteiger partial charge in [-0.25, -0.2) is 23.1 Å². The lowest BCUT2D eigenvalue weighted by molar-refractivity contribution is 0.348. The van der Waals surface area contributed by atoms with Gasteiger partial charge in [0.2, 0.25) is 10.0 Å². The van der Waals surface area contributed by atoms with E-state index in [9.17, 15) is 8.42 Å². The summed E-state index contributed by atoms with van der Waals surface area (Å²) in [5, 5.41) is 1.91. The van der Waals surface area contributed by atoms with Crippen LogP contribution >= 0.6 is 23.5 Å². The molecule has 2 heterocycles. The number of para-hydroxylation sites is 2. The lowest BCUT2D eigenvalue weighted by Gasteiger charge is -2.31. The van der Waals surface area contributed by atoms with Crippen LogP contribution in [0.3, 0.4) is 0 Å². The number of rotatable bonds is 9. The molecule has 2 aliphatic rings. The molecule has 0 bridgehead atoms. The Kier molecular flexibility index (Phi) is 12.2. The molecule has 0 spiro atoms. The van der Waals surface area contributed by atoms with Gasteiger partial charge in [-0.2, -0.15) is 0 Å². The van der Waals surface area contributed by atoms with Crippen LogP contribution in [0.5, 0.6) is 0 Å². The van der Waals surface area contributed by atoms with Crippen molar-refractivity contribution in [2.24, 2.45) is 9.98 Å². The molecule has 1 N–H and O–H groups in total. The molecule has 0 aliphatic carbocycles. The average molecular weight is 650 g/mol. The first-order valence-electron chi connectivity index (χ1n) is 15.6. The van der Waals surface area contributed by atoms with E-state index in [1.54, 1.807) is 41.7 Å². The van der Waals surface area contributed by atoms with Gasteiger partial charge in [0.1, 0.15) is 0 Å². The number of aryl methyl sites for hydroxylation is 1. The summed E-state index contributed by atoms with van der Waals surface area (Å²) >= 11 is 3.29. The maximum atomic E-state index is 13.7. The number of aliphatic imine (C=N–C) groups is 2. The van der Waals surface area contributed by atoms with Crippen LogP contribution in [0.1, 0.15) is 44.1 Å². The summed E-state index contributed by atoms with van der Waals surface area (Å²) in [6.07, 6.45) is 7.03. The van der Waals surface area contributed by atoms with Crippen molar-refractivity contribution >= 4 is 55.3 Å². The van der Waals surface area contributed by atoms with E-state index in [1.807, 2.05) is 73.7 Å². The molecule has 0 amide bonds. The van der Waals surface area contributed by atoms with Crippen LogP contribution in [0.15, 0.2) is 99.8 Å². The van der Waals surface area contributed by atoms with Crippen LogP contribution in [0.25, 0.3) is 0 Å². The number of nitrogens with one attached hydrogen (secondary N) is 1. The zero-order valence-corrected chi connectivity index (χ0v) is 27.9. The number of hydrogen-bond acceptors (Lipinski definition) is 6. The van der Waals surface area contributed by atoms with Crippen LogP contribution in [0.2, 0.25) is 0 Å². The third kappa shape index (κ3) is 9.86. The minimum absolute atomic E-state index is 0.293. The molecule has 3 aromatic carbocycles. The molecule has 0 saturated carbocycles. The Morgan fingerprint density at radius 2 is 1.18 bits per heavy atom. The van der Waals surface area contributed by atoms with Gasteiger partial charge in [0, 0.05) is 43.7 Å². The van der Waals surface area contributed by atoms with Crippen LogP contribution in [0, 0.1) is 6.92 Å². The number of likely N-dealkylation sites (tertiary alicyclic amines) is 2. The molecule has 2 aliphatic heterocycles. The molecule has 234 valence electrons. The topological polar surface area (TPSA) is 77.4 Å². The number of amidine groups is 2. The molecule has 10 heteroatoms. The van der Waals surface area contributed by atoms with Gasteiger partial charge >= 0.3 is 0 Å². The zero-order valence-electron chi connectivity index (χ0n) is 25.5. The number of thioether (sulfide) groups is 2. The maximum Gasteiger partial charge on any atom is 0.240 e. The van der Waals surface area contributed by atoms with Crippen LogP contribution in [-0.2, 0) is 10.0 Å². The van der Waals surface area contributed by atoms with E-state index in [1.165, 1.54) is 12.8 Å². The normalized spacial score (nSPS) is 17.5. The smallest absolute Gasteiger partial charge is 0.240 e. The molecule has 7 nitrogen and oxygen atoms in total. The predicted octanol–water partition coefficient (Wildman–Crippen LogP) is 7.46. The minimum atomic E-state index is -3.73. The fourth-order valence-electron chi connectivity index (χ4n) is 5.32. The Morgan fingerprint density at radius 1 is 0.705 bits per heavy atom. The van der Waals surface area contributed by atoms with Gasteiger partial charge in [-0.1, -0.05) is 72.1 Å². The fraction of sp³-hybridized carbons (Fsp3) is 0.412. The molecule has 0 atom stereocenters. The monoisotopic (exact) mass is 649 g/mol. The summed E-state index contributed by atoms with van der Waals surface area (Å²) in [5.41, 5.74) is 2.74. The van der Waals surface area contributed by atoms with Gasteiger partial charge in [-0.3, -0.25) is 0 Å². The third-order valence-corrected chi connectivity index (χ3v) is 11.5. The summed E-state index contributed by atoms with van der Waals surface area (Å²) < 4.78 is 30.4. The highest BCUT2D eigenvalue weighted by molar-refractivity contribution is 8.14. The van der Waals surface area contributed by atoms with E-state index in [0.717, 1.165) is 79.1 Å². The maximum absolute atomic E-state index is 13.7. The van der Waals surface area contributed by atoms with Crippen LogP contribution in [-0.4, -0.2) is 72.3 Å². The van der Waals surface area contributed by atoms with E-state index in [-0.39, 0.29) is 6.04 Å². The lowest BCUT2D eigenvalue weighted by atomic mass is 10.1. The number of benzene rings is 3. The van der Waals surface area contributed by atoms with Gasteiger partial charge in [0.15, 0.2) is 10.3 Å². The average Bonchev–Trinajstić information content (AvgIpc) is 3.06. The van der Waals surface area contributed by atoms with E-state index in [0.29, 0.717) is 16.4 Å². The molecule has 0 unspecified atom stereocenters. The molecule has 2 saturated heterocycles. The van der Waals surface area contributed by atoms with Crippen molar-refractivity contribution in [3.8, 4) is 0 Å². The fourth-order valence-corrected chi connectivity index (χ4v) is 9.19. The third-order valence-electron chi connectivity index (χ3n) is 7.66. The Bertz CT molecular complexity index is 1410. The minimum Gasteiger partial charge on any atom is -0.351 e. The number of hydrogen-bond donors (Lipinski definition) is 1. The lowest BCUT2D eigenvalue weighted by Crippen LogP contribution is -2.41. The van der Waals surface area contributed by atoms with Crippen molar-refractivity contribution in [1.29, 1.82) is 0 Å². The van der Waals surface area contributed by atoms with E-state index in [4.69, 9.17) is 9.98 Å². The highest BCUT2D eigenvalue weighted by atomic mass is 32.2. The molecule has 3 aromatic rings. The summed E-state index contributed by atoms with van der Waals surface area (Å²) in [4.78, 5) is 15.1. The van der Waals surface area contributed by atoms with E-state index < -0.39 is 10.0 Å². The van der Waals surface area contributed by atoms with Gasteiger partial charge in [-0.05, 0) is 87.4 Å². The standard InChI is InChI=1S/C34H43N5O2S3/c1-28-15-14-20-32(25-28)44(40,41)37-31(26-42-33(38-21-10-4-11-22-38)35-29-16-6-2-7-17-29)27-43-34(39-23-12-5-13-24-39)36-30-18-8-3-9-19-30/h2-3,6-9,14-20,25,31,37H,4-5,10-13,21-24,26-27H2,1H3. The summed E-state index contributed by atoms with van der Waals surface area (Å²) in [7, 11) is -3.73. The van der Waals surface area contributed by atoms with Crippen molar-refractivity contribution in [3.05, 3.63) is 90.5 Å². The number of sulfonamides is 1. The second kappa shape index (κ2) is 16.5. The van der Waals surface area contributed by atoms with Crippen molar-refractivity contribution in [2.75, 3.05) is 37.7 Å². The number of piperidine rings is 2. The Hall–Kier alpha value is -2.79. The Balaban J connectivity index is 1.39. The quantitative estimate of drug-likeness (QED) is 0.192. The second-order valence-corrected chi connectivity index (χ2v) is 15.0. The highest BCUT2D eigenvalue weighted by Crippen LogP contribution is 2.26. The first kappa shape index (κ1) is 32.6. The molecule has 44 heavy (non-hydrogen) atoms.